The van der Waals surface area contributed by atoms with E-state index < -0.39 is 33.1 Å². The number of halogens is 4. The van der Waals surface area contributed by atoms with Crippen molar-refractivity contribution in [2.24, 2.45) is 5.41 Å². The van der Waals surface area contributed by atoms with E-state index in [4.69, 9.17) is 0 Å². The lowest BCUT2D eigenvalue weighted by molar-refractivity contribution is -0.336. The molecule has 5 nitrogen and oxygen atoms in total. The molecule has 2 N–H and O–H groups in total. The molecule has 0 unspecified atom stereocenters. The van der Waals surface area contributed by atoms with Gasteiger partial charge in [0.25, 0.3) is 5.91 Å². The minimum absolute atomic E-state index is 0.0870. The van der Waals surface area contributed by atoms with Crippen LogP contribution in [0.25, 0.3) is 0 Å². The summed E-state index contributed by atoms with van der Waals surface area (Å²) in [6.45, 7) is 1.63. The van der Waals surface area contributed by atoms with Crippen LogP contribution in [0.5, 0.6) is 0 Å². The highest BCUT2D eigenvalue weighted by Gasteiger charge is 2.79. The molecule has 3 aliphatic carbocycles. The lowest BCUT2D eigenvalue weighted by atomic mass is 9.39. The molecule has 0 spiro atoms. The molecule has 10 heteroatoms. The monoisotopic (exact) mass is 440 g/mol. The van der Waals surface area contributed by atoms with Gasteiger partial charge in [0.15, 0.2) is 0 Å². The van der Waals surface area contributed by atoms with Gasteiger partial charge < -0.3 is 5.32 Å². The van der Waals surface area contributed by atoms with E-state index >= 15 is 0 Å². The Morgan fingerprint density at radius 1 is 1.24 bits per heavy atom. The summed E-state index contributed by atoms with van der Waals surface area (Å²) in [5, 5.41) is 2.67. The highest BCUT2D eigenvalue weighted by Crippen LogP contribution is 2.73. The second-order valence-corrected chi connectivity index (χ2v) is 9.73. The number of nitrogens with one attached hydrogen (secondary N) is 2. The molecule has 3 aliphatic rings. The van der Waals surface area contributed by atoms with E-state index in [9.17, 15) is 26.4 Å². The smallest absolute Gasteiger partial charge is 0.346 e. The first kappa shape index (κ1) is 18.5. The molecule has 0 radical (unpaired) electrons. The number of sulfonamides is 1. The summed E-state index contributed by atoms with van der Waals surface area (Å²) < 4.78 is 64.7. The Balaban J connectivity index is 1.82. The molecule has 0 saturated heterocycles. The van der Waals surface area contributed by atoms with Gasteiger partial charge in [0.2, 0.25) is 10.0 Å². The van der Waals surface area contributed by atoms with Gasteiger partial charge in [-0.05, 0) is 43.9 Å². The number of hydrogen-bond donors (Lipinski definition) is 2. The summed E-state index contributed by atoms with van der Waals surface area (Å²) >= 11 is 3.24. The Morgan fingerprint density at radius 3 is 2.28 bits per heavy atom. The van der Waals surface area contributed by atoms with E-state index in [1.165, 1.54) is 6.07 Å². The van der Waals surface area contributed by atoms with Crippen LogP contribution < -0.4 is 10.0 Å². The van der Waals surface area contributed by atoms with Gasteiger partial charge in [-0.3, -0.25) is 9.52 Å². The number of anilines is 1. The third kappa shape index (κ3) is 3.14. The van der Waals surface area contributed by atoms with Crippen LogP contribution >= 0.6 is 15.9 Å². The summed E-state index contributed by atoms with van der Waals surface area (Å²) in [4.78, 5) is 12.6. The van der Waals surface area contributed by atoms with Crippen molar-refractivity contribution in [1.29, 1.82) is 0 Å². The molecule has 0 heterocycles. The number of carbonyl (C=O) groups excluding carboxylic acids is 1. The fraction of sp³-hybridized carbons (Fsp3) is 0.533. The van der Waals surface area contributed by atoms with Crippen LogP contribution in [0.4, 0.5) is 18.9 Å². The van der Waals surface area contributed by atoms with Crippen molar-refractivity contribution in [1.82, 2.24) is 5.32 Å². The first-order valence-electron chi connectivity index (χ1n) is 7.43. The highest BCUT2D eigenvalue weighted by atomic mass is 79.9. The molecule has 3 saturated carbocycles. The number of hydrogen-bond acceptors (Lipinski definition) is 3. The van der Waals surface area contributed by atoms with E-state index in [-0.39, 0.29) is 30.5 Å². The third-order valence-corrected chi connectivity index (χ3v) is 5.88. The summed E-state index contributed by atoms with van der Waals surface area (Å²) in [6, 6.07) is 3.09. The van der Waals surface area contributed by atoms with Crippen LogP contribution in [-0.4, -0.2) is 32.3 Å². The Bertz CT molecular complexity index is 848. The molecule has 4 rings (SSSR count). The number of amides is 1. The molecule has 1 aromatic rings. The van der Waals surface area contributed by atoms with Gasteiger partial charge in [0.1, 0.15) is 0 Å². The van der Waals surface area contributed by atoms with Crippen LogP contribution in [0.1, 0.15) is 35.2 Å². The largest absolute Gasteiger partial charge is 0.394 e. The Morgan fingerprint density at radius 2 is 1.80 bits per heavy atom. The number of alkyl halides is 3. The molecule has 3 fully saturated rings. The van der Waals surface area contributed by atoms with Gasteiger partial charge in [-0.1, -0.05) is 15.9 Å². The quantitative estimate of drug-likeness (QED) is 0.753. The maximum absolute atomic E-state index is 12.9. The van der Waals surface area contributed by atoms with Gasteiger partial charge in [0.05, 0.1) is 22.9 Å². The zero-order valence-electron chi connectivity index (χ0n) is 13.4. The van der Waals surface area contributed by atoms with Crippen LogP contribution in [0.2, 0.25) is 0 Å². The number of carbonyl (C=O) groups is 1. The molecule has 0 aliphatic heterocycles. The summed E-state index contributed by atoms with van der Waals surface area (Å²) in [5.41, 5.74) is -1.80. The zero-order chi connectivity index (χ0) is 18.8. The zero-order valence-corrected chi connectivity index (χ0v) is 15.8. The summed E-state index contributed by atoms with van der Waals surface area (Å²) in [6.07, 6.45) is -3.67. The van der Waals surface area contributed by atoms with Crippen molar-refractivity contribution in [3.05, 3.63) is 27.7 Å². The minimum Gasteiger partial charge on any atom is -0.346 e. The third-order valence-electron chi connectivity index (χ3n) is 4.83. The van der Waals surface area contributed by atoms with Crippen molar-refractivity contribution in [3.8, 4) is 0 Å². The van der Waals surface area contributed by atoms with Crippen molar-refractivity contribution in [2.75, 3.05) is 11.0 Å². The normalized spacial score (nSPS) is 27.9. The Kier molecular flexibility index (Phi) is 3.96. The average molecular weight is 441 g/mol. The van der Waals surface area contributed by atoms with E-state index in [0.717, 1.165) is 6.26 Å². The Labute approximate surface area is 151 Å². The minimum atomic E-state index is -4.25. The van der Waals surface area contributed by atoms with Crippen molar-refractivity contribution < 1.29 is 26.4 Å². The van der Waals surface area contributed by atoms with E-state index in [1.54, 1.807) is 13.0 Å². The van der Waals surface area contributed by atoms with Gasteiger partial charge in [-0.25, -0.2) is 8.42 Å². The lowest BCUT2D eigenvalue weighted by Crippen LogP contribution is -2.78. The summed E-state index contributed by atoms with van der Waals surface area (Å²) in [5.74, 6) is -0.577. The van der Waals surface area contributed by atoms with Crippen LogP contribution in [0, 0.1) is 12.3 Å². The second kappa shape index (κ2) is 5.35. The molecule has 1 aromatic carbocycles. The van der Waals surface area contributed by atoms with Crippen molar-refractivity contribution in [2.45, 2.75) is 37.9 Å². The first-order chi connectivity index (χ1) is 11.3. The second-order valence-electron chi connectivity index (χ2n) is 7.06. The van der Waals surface area contributed by atoms with E-state index in [2.05, 4.69) is 26.0 Å². The lowest BCUT2D eigenvalue weighted by Gasteiger charge is -2.70. The molecular weight excluding hydrogens is 425 g/mol. The van der Waals surface area contributed by atoms with Crippen LogP contribution in [0.3, 0.4) is 0 Å². The SMILES string of the molecule is Cc1cc(Br)cc(NS(C)(=O)=O)c1C(=O)NC12CC(C(F)(F)F)(C1)C2. The predicted molar refractivity (Wildman–Crippen MR) is 89.9 cm³/mol. The van der Waals surface area contributed by atoms with Crippen molar-refractivity contribution >= 4 is 37.5 Å². The fourth-order valence-corrected chi connectivity index (χ4v) is 4.98. The average Bonchev–Trinajstić information content (AvgIpc) is 2.26. The molecule has 138 valence electrons. The molecular formula is C15H16BrF3N2O3S. The number of rotatable bonds is 4. The van der Waals surface area contributed by atoms with Gasteiger partial charge >= 0.3 is 6.18 Å². The number of aryl methyl sites for hydroxylation is 1. The molecule has 0 atom stereocenters. The number of benzene rings is 1. The van der Waals surface area contributed by atoms with E-state index in [1.807, 2.05) is 0 Å². The van der Waals surface area contributed by atoms with E-state index in [0.29, 0.717) is 10.0 Å². The summed E-state index contributed by atoms with van der Waals surface area (Å²) in [7, 11) is -3.62. The Hall–Kier alpha value is -1.29. The molecule has 1 amide bonds. The standard InChI is InChI=1S/C15H16BrF3N2O3S/c1-8-3-9(16)4-10(21-25(2,23)24)11(8)12(22)20-14-5-13(6-14,7-14)15(17,18)19/h3-4,21H,5-7H2,1-2H3,(H,20,22). The molecule has 2 bridgehead atoms. The predicted octanol–water partition coefficient (Wildman–Crippen LogP) is 3.34. The van der Waals surface area contributed by atoms with Gasteiger partial charge in [-0.15, -0.1) is 0 Å². The molecule has 25 heavy (non-hydrogen) atoms. The van der Waals surface area contributed by atoms with Crippen molar-refractivity contribution in [3.63, 3.8) is 0 Å². The van der Waals surface area contributed by atoms with Gasteiger partial charge in [0, 0.05) is 10.0 Å². The molecule has 0 aromatic heterocycles. The van der Waals surface area contributed by atoms with Crippen LogP contribution in [-0.2, 0) is 10.0 Å². The highest BCUT2D eigenvalue weighted by molar-refractivity contribution is 9.10. The van der Waals surface area contributed by atoms with Crippen LogP contribution in [0.15, 0.2) is 16.6 Å². The van der Waals surface area contributed by atoms with Gasteiger partial charge in [-0.2, -0.15) is 13.2 Å². The fourth-order valence-electron chi connectivity index (χ4n) is 3.85. The maximum atomic E-state index is 12.9. The topological polar surface area (TPSA) is 75.3 Å². The first-order valence-corrected chi connectivity index (χ1v) is 10.1. The maximum Gasteiger partial charge on any atom is 0.394 e.